The second-order valence-electron chi connectivity index (χ2n) is 7.99. The molecule has 0 saturated heterocycles. The zero-order valence-corrected chi connectivity index (χ0v) is 20.1. The number of hydrogen-bond acceptors (Lipinski definition) is 6. The van der Waals surface area contributed by atoms with Gasteiger partial charge < -0.3 is 0 Å². The van der Waals surface area contributed by atoms with Crippen LogP contribution in [0.1, 0.15) is 37.0 Å². The third-order valence-electron chi connectivity index (χ3n) is 5.48. The van der Waals surface area contributed by atoms with Gasteiger partial charge in [-0.05, 0) is 68.1 Å². The second-order valence-corrected chi connectivity index (χ2v) is 10.9. The van der Waals surface area contributed by atoms with Crippen molar-refractivity contribution < 1.29 is 18.0 Å². The molecule has 33 heavy (non-hydrogen) atoms. The normalized spacial score (nSPS) is 13.5. The van der Waals surface area contributed by atoms with Crippen LogP contribution in [0.4, 0.5) is 16.5 Å². The number of rotatable bonds is 8. The van der Waals surface area contributed by atoms with Gasteiger partial charge in [0.1, 0.15) is 0 Å². The number of benzene rings is 2. The minimum absolute atomic E-state index is 0.167. The van der Waals surface area contributed by atoms with E-state index in [-0.39, 0.29) is 28.4 Å². The predicted molar refractivity (Wildman–Crippen MR) is 130 cm³/mol. The van der Waals surface area contributed by atoms with E-state index in [1.165, 1.54) is 23.2 Å². The molecule has 0 spiro atoms. The molecule has 0 aliphatic heterocycles. The molecular formula is C24H25N3O4S2. The van der Waals surface area contributed by atoms with E-state index in [1.807, 2.05) is 12.3 Å². The van der Waals surface area contributed by atoms with Crippen LogP contribution in [0.2, 0.25) is 0 Å². The number of sulfone groups is 1. The van der Waals surface area contributed by atoms with Crippen LogP contribution in [-0.4, -0.2) is 37.5 Å². The maximum absolute atomic E-state index is 13.1. The van der Waals surface area contributed by atoms with Crippen molar-refractivity contribution in [2.24, 2.45) is 5.92 Å². The van der Waals surface area contributed by atoms with Crippen LogP contribution in [0, 0.1) is 5.92 Å². The first kappa shape index (κ1) is 23.1. The van der Waals surface area contributed by atoms with Crippen molar-refractivity contribution in [1.29, 1.82) is 0 Å². The summed E-state index contributed by atoms with van der Waals surface area (Å²) in [4.78, 5) is 33.2. The monoisotopic (exact) mass is 483 g/mol. The molecule has 1 aliphatic carbocycles. The Labute approximate surface area is 197 Å². The van der Waals surface area contributed by atoms with Crippen LogP contribution >= 0.6 is 11.3 Å². The second kappa shape index (κ2) is 9.44. The van der Waals surface area contributed by atoms with Crippen LogP contribution in [0.3, 0.4) is 0 Å². The number of carbonyl (C=O) groups is 2. The fourth-order valence-electron chi connectivity index (χ4n) is 3.66. The quantitative estimate of drug-likeness (QED) is 0.464. The molecular weight excluding hydrogens is 458 g/mol. The summed E-state index contributed by atoms with van der Waals surface area (Å²) in [6, 6.07) is 13.2. The molecule has 1 saturated carbocycles. The SMILES string of the molecule is CCN(C(=O)c1cccc(N(C(C)=O)c2ccc(S(=O)(=O)CC3CC3)cc2)c1)c1nccs1. The van der Waals surface area contributed by atoms with Crippen LogP contribution in [0.15, 0.2) is 65.0 Å². The summed E-state index contributed by atoms with van der Waals surface area (Å²) in [5, 5.41) is 2.42. The summed E-state index contributed by atoms with van der Waals surface area (Å²) >= 11 is 1.38. The third-order valence-corrected chi connectivity index (χ3v) is 8.18. The maximum atomic E-state index is 13.1. The van der Waals surface area contributed by atoms with Gasteiger partial charge in [-0.15, -0.1) is 11.3 Å². The summed E-state index contributed by atoms with van der Waals surface area (Å²) in [6.07, 6.45) is 3.57. The van der Waals surface area contributed by atoms with Gasteiger partial charge in [-0.2, -0.15) is 0 Å². The molecule has 2 aromatic carbocycles. The fraction of sp³-hybridized carbons (Fsp3) is 0.292. The smallest absolute Gasteiger partial charge is 0.260 e. The molecule has 0 unspecified atom stereocenters. The first-order valence-electron chi connectivity index (χ1n) is 10.7. The predicted octanol–water partition coefficient (Wildman–Crippen LogP) is 4.68. The van der Waals surface area contributed by atoms with Crippen molar-refractivity contribution in [2.45, 2.75) is 31.6 Å². The van der Waals surface area contributed by atoms with Crippen molar-refractivity contribution >= 4 is 49.5 Å². The highest BCUT2D eigenvalue weighted by atomic mass is 32.2. The minimum Gasteiger partial charge on any atom is -0.284 e. The number of nitrogens with zero attached hydrogens (tertiary/aromatic N) is 3. The lowest BCUT2D eigenvalue weighted by molar-refractivity contribution is -0.115. The molecule has 172 valence electrons. The lowest BCUT2D eigenvalue weighted by Crippen LogP contribution is -2.31. The van der Waals surface area contributed by atoms with Crippen molar-refractivity contribution in [3.8, 4) is 0 Å². The van der Waals surface area contributed by atoms with Gasteiger partial charge in [-0.25, -0.2) is 13.4 Å². The van der Waals surface area contributed by atoms with Crippen molar-refractivity contribution in [3.63, 3.8) is 0 Å². The van der Waals surface area contributed by atoms with Gasteiger partial charge in [0, 0.05) is 42.0 Å². The Morgan fingerprint density at radius 1 is 1.09 bits per heavy atom. The highest BCUT2D eigenvalue weighted by Gasteiger charge is 2.29. The molecule has 4 rings (SSSR count). The Balaban J connectivity index is 1.62. The molecule has 1 aromatic heterocycles. The molecule has 9 heteroatoms. The van der Waals surface area contributed by atoms with Crippen molar-refractivity contribution in [3.05, 3.63) is 65.7 Å². The van der Waals surface area contributed by atoms with Gasteiger partial charge >= 0.3 is 0 Å². The van der Waals surface area contributed by atoms with E-state index in [4.69, 9.17) is 0 Å². The lowest BCUT2D eigenvalue weighted by atomic mass is 10.1. The summed E-state index contributed by atoms with van der Waals surface area (Å²) in [5.74, 6) is -0.0320. The Hall–Kier alpha value is -3.04. The zero-order valence-electron chi connectivity index (χ0n) is 18.5. The molecule has 1 fully saturated rings. The molecule has 1 heterocycles. The van der Waals surface area contributed by atoms with Crippen LogP contribution in [0.25, 0.3) is 0 Å². The van der Waals surface area contributed by atoms with Gasteiger partial charge in [0.05, 0.1) is 10.6 Å². The lowest BCUT2D eigenvalue weighted by Gasteiger charge is -2.23. The molecule has 3 aromatic rings. The Morgan fingerprint density at radius 2 is 1.82 bits per heavy atom. The largest absolute Gasteiger partial charge is 0.284 e. The first-order valence-corrected chi connectivity index (χ1v) is 13.3. The molecule has 0 bridgehead atoms. The standard InChI is InChI=1S/C24H25N3O4S2/c1-3-26(24-25-13-14-32-24)23(29)19-5-4-6-21(15-19)27(17(2)28)20-9-11-22(12-10-20)33(30,31)16-18-7-8-18/h4-6,9-15,18H,3,7-8,16H2,1-2H3. The number of amides is 2. The number of thiazole rings is 1. The van der Waals surface area contributed by atoms with Gasteiger partial charge in [0.25, 0.3) is 5.91 Å². The Kier molecular flexibility index (Phi) is 6.62. The van der Waals surface area contributed by atoms with E-state index < -0.39 is 9.84 Å². The summed E-state index contributed by atoms with van der Waals surface area (Å²) in [6.45, 7) is 3.77. The van der Waals surface area contributed by atoms with Crippen molar-refractivity contribution in [2.75, 3.05) is 22.1 Å². The molecule has 7 nitrogen and oxygen atoms in total. The van der Waals surface area contributed by atoms with E-state index >= 15 is 0 Å². The molecule has 0 atom stereocenters. The summed E-state index contributed by atoms with van der Waals surface area (Å²) in [7, 11) is -3.33. The number of aromatic nitrogens is 1. The highest BCUT2D eigenvalue weighted by molar-refractivity contribution is 7.91. The molecule has 0 radical (unpaired) electrons. The van der Waals surface area contributed by atoms with Gasteiger partial charge in [-0.1, -0.05) is 6.07 Å². The third kappa shape index (κ3) is 5.15. The van der Waals surface area contributed by atoms with Gasteiger partial charge in [0.2, 0.25) is 5.91 Å². The number of anilines is 3. The average Bonchev–Trinajstić information content (AvgIpc) is 3.43. The van der Waals surface area contributed by atoms with E-state index in [2.05, 4.69) is 4.98 Å². The summed E-state index contributed by atoms with van der Waals surface area (Å²) in [5.41, 5.74) is 1.49. The number of hydrogen-bond donors (Lipinski definition) is 0. The van der Waals surface area contributed by atoms with E-state index in [9.17, 15) is 18.0 Å². The minimum atomic E-state index is -3.33. The summed E-state index contributed by atoms with van der Waals surface area (Å²) < 4.78 is 25.1. The van der Waals surface area contributed by atoms with Crippen LogP contribution in [-0.2, 0) is 14.6 Å². The Morgan fingerprint density at radius 3 is 2.39 bits per heavy atom. The van der Waals surface area contributed by atoms with E-state index in [0.717, 1.165) is 12.8 Å². The highest BCUT2D eigenvalue weighted by Crippen LogP contribution is 2.33. The molecule has 2 amide bonds. The molecule has 1 aliphatic rings. The first-order chi connectivity index (χ1) is 15.8. The fourth-order valence-corrected chi connectivity index (χ4v) is 6.06. The maximum Gasteiger partial charge on any atom is 0.260 e. The molecule has 0 N–H and O–H groups in total. The van der Waals surface area contributed by atoms with E-state index in [1.54, 1.807) is 59.6 Å². The average molecular weight is 484 g/mol. The van der Waals surface area contributed by atoms with E-state index in [0.29, 0.717) is 28.6 Å². The zero-order chi connectivity index (χ0) is 23.6. The topological polar surface area (TPSA) is 87.7 Å². The van der Waals surface area contributed by atoms with Gasteiger partial charge in [0.15, 0.2) is 15.0 Å². The number of carbonyl (C=O) groups excluding carboxylic acids is 2. The van der Waals surface area contributed by atoms with Crippen LogP contribution < -0.4 is 9.80 Å². The van der Waals surface area contributed by atoms with Crippen molar-refractivity contribution in [1.82, 2.24) is 4.98 Å². The Bertz CT molecular complexity index is 1250. The van der Waals surface area contributed by atoms with Crippen LogP contribution in [0.5, 0.6) is 0 Å². The van der Waals surface area contributed by atoms with Gasteiger partial charge in [-0.3, -0.25) is 19.4 Å².